The number of hydrogen-bond acceptors (Lipinski definition) is 3. The molecule has 2 unspecified atom stereocenters. The number of hydrogen-bond donors (Lipinski definition) is 1. The second kappa shape index (κ2) is 5.89. The largest absolute Gasteiger partial charge is 0.314 e. The van der Waals surface area contributed by atoms with E-state index in [1.165, 1.54) is 18.7 Å². The van der Waals surface area contributed by atoms with Crippen LogP contribution in [0.2, 0.25) is 0 Å². The molecule has 0 spiro atoms. The van der Waals surface area contributed by atoms with Gasteiger partial charge in [0.1, 0.15) is 0 Å². The van der Waals surface area contributed by atoms with Crippen LogP contribution in [-0.4, -0.2) is 48.6 Å². The summed E-state index contributed by atoms with van der Waals surface area (Å²) in [5.74, 6) is 1.28. The normalized spacial score (nSPS) is 27.5. The Morgan fingerprint density at radius 2 is 2.38 bits per heavy atom. The molecule has 2 atom stereocenters. The van der Waals surface area contributed by atoms with Crippen LogP contribution in [0.5, 0.6) is 0 Å². The summed E-state index contributed by atoms with van der Waals surface area (Å²) in [5.41, 5.74) is 0. The number of piperazine rings is 1. The van der Waals surface area contributed by atoms with Gasteiger partial charge in [-0.2, -0.15) is 11.8 Å². The summed E-state index contributed by atoms with van der Waals surface area (Å²) >= 11 is 1.97. The van der Waals surface area contributed by atoms with Gasteiger partial charge in [-0.15, -0.1) is 0 Å². The Labute approximate surface area is 86.5 Å². The SMILES string of the molecule is CCC(CSC)N1CCNCC1C. The van der Waals surface area contributed by atoms with E-state index in [9.17, 15) is 0 Å². The van der Waals surface area contributed by atoms with E-state index in [2.05, 4.69) is 30.3 Å². The molecule has 0 aromatic carbocycles. The topological polar surface area (TPSA) is 15.3 Å². The van der Waals surface area contributed by atoms with Crippen LogP contribution in [0.25, 0.3) is 0 Å². The lowest BCUT2D eigenvalue weighted by molar-refractivity contribution is 0.125. The van der Waals surface area contributed by atoms with Gasteiger partial charge < -0.3 is 5.32 Å². The van der Waals surface area contributed by atoms with Crippen molar-refractivity contribution in [3.05, 3.63) is 0 Å². The Kier molecular flexibility index (Phi) is 5.14. The molecule has 0 saturated carbocycles. The van der Waals surface area contributed by atoms with Crippen LogP contribution in [-0.2, 0) is 0 Å². The van der Waals surface area contributed by atoms with Crippen molar-refractivity contribution in [3.63, 3.8) is 0 Å². The molecule has 1 saturated heterocycles. The molecule has 1 N–H and O–H groups in total. The molecule has 2 nitrogen and oxygen atoms in total. The molecule has 78 valence electrons. The fraction of sp³-hybridized carbons (Fsp3) is 1.00. The smallest absolute Gasteiger partial charge is 0.0196 e. The zero-order valence-electron chi connectivity index (χ0n) is 9.05. The predicted octanol–water partition coefficient (Wildman–Crippen LogP) is 1.42. The van der Waals surface area contributed by atoms with Crippen LogP contribution < -0.4 is 5.32 Å². The van der Waals surface area contributed by atoms with E-state index in [0.29, 0.717) is 6.04 Å². The first-order valence-corrected chi connectivity index (χ1v) is 6.64. The minimum absolute atomic E-state index is 0.714. The van der Waals surface area contributed by atoms with Crippen molar-refractivity contribution in [1.29, 1.82) is 0 Å². The fourth-order valence-electron chi connectivity index (χ4n) is 2.04. The Bertz CT molecular complexity index is 141. The lowest BCUT2D eigenvalue weighted by atomic mass is 10.1. The third-order valence-corrected chi connectivity index (χ3v) is 3.57. The maximum atomic E-state index is 3.44. The number of rotatable bonds is 4. The van der Waals surface area contributed by atoms with E-state index in [-0.39, 0.29) is 0 Å². The van der Waals surface area contributed by atoms with E-state index in [1.807, 2.05) is 11.8 Å². The predicted molar refractivity (Wildman–Crippen MR) is 61.5 cm³/mol. The lowest BCUT2D eigenvalue weighted by Crippen LogP contribution is -2.54. The van der Waals surface area contributed by atoms with Gasteiger partial charge in [0.2, 0.25) is 0 Å². The Morgan fingerprint density at radius 3 is 2.92 bits per heavy atom. The summed E-state index contributed by atoms with van der Waals surface area (Å²) in [4.78, 5) is 2.66. The van der Waals surface area contributed by atoms with E-state index < -0.39 is 0 Å². The Morgan fingerprint density at radius 1 is 1.62 bits per heavy atom. The minimum Gasteiger partial charge on any atom is -0.314 e. The summed E-state index contributed by atoms with van der Waals surface area (Å²) < 4.78 is 0. The van der Waals surface area contributed by atoms with E-state index in [4.69, 9.17) is 0 Å². The van der Waals surface area contributed by atoms with Gasteiger partial charge in [0.05, 0.1) is 0 Å². The molecule has 1 aliphatic rings. The van der Waals surface area contributed by atoms with E-state index in [1.54, 1.807) is 0 Å². The van der Waals surface area contributed by atoms with E-state index >= 15 is 0 Å². The van der Waals surface area contributed by atoms with Gasteiger partial charge in [-0.3, -0.25) is 4.90 Å². The molecule has 1 rings (SSSR count). The van der Waals surface area contributed by atoms with Crippen molar-refractivity contribution < 1.29 is 0 Å². The molecule has 1 aliphatic heterocycles. The van der Waals surface area contributed by atoms with Gasteiger partial charge in [0.25, 0.3) is 0 Å². The molecule has 1 heterocycles. The highest BCUT2D eigenvalue weighted by Crippen LogP contribution is 2.14. The summed E-state index contributed by atoms with van der Waals surface area (Å²) in [6.07, 6.45) is 3.49. The van der Waals surface area contributed by atoms with Crippen LogP contribution in [0.4, 0.5) is 0 Å². The van der Waals surface area contributed by atoms with Crippen molar-refractivity contribution in [2.75, 3.05) is 31.6 Å². The number of nitrogens with one attached hydrogen (secondary N) is 1. The highest BCUT2D eigenvalue weighted by atomic mass is 32.2. The van der Waals surface area contributed by atoms with Crippen LogP contribution >= 0.6 is 11.8 Å². The maximum Gasteiger partial charge on any atom is 0.0196 e. The zero-order valence-corrected chi connectivity index (χ0v) is 9.86. The van der Waals surface area contributed by atoms with Crippen LogP contribution in [0.1, 0.15) is 20.3 Å². The van der Waals surface area contributed by atoms with Gasteiger partial charge >= 0.3 is 0 Å². The molecule has 0 amide bonds. The fourth-order valence-corrected chi connectivity index (χ4v) is 2.85. The quantitative estimate of drug-likeness (QED) is 0.742. The maximum absolute atomic E-state index is 3.44. The molecular weight excluding hydrogens is 180 g/mol. The summed E-state index contributed by atoms with van der Waals surface area (Å²) in [7, 11) is 0. The van der Waals surface area contributed by atoms with Crippen LogP contribution in [0, 0.1) is 0 Å². The van der Waals surface area contributed by atoms with Crippen molar-refractivity contribution in [2.45, 2.75) is 32.4 Å². The molecular formula is C10H22N2S. The van der Waals surface area contributed by atoms with Crippen molar-refractivity contribution >= 4 is 11.8 Å². The molecule has 3 heteroatoms. The average molecular weight is 202 g/mol. The second-order valence-corrected chi connectivity index (χ2v) is 4.72. The first kappa shape index (κ1) is 11.3. The first-order chi connectivity index (χ1) is 6.29. The monoisotopic (exact) mass is 202 g/mol. The molecule has 0 bridgehead atoms. The average Bonchev–Trinajstić information content (AvgIpc) is 2.16. The van der Waals surface area contributed by atoms with Gasteiger partial charge in [-0.05, 0) is 19.6 Å². The molecule has 0 aromatic heterocycles. The standard InChI is InChI=1S/C10H22N2S/c1-4-10(8-13-3)12-6-5-11-7-9(12)2/h9-11H,4-8H2,1-3H3. The third kappa shape index (κ3) is 3.15. The van der Waals surface area contributed by atoms with Gasteiger partial charge in [-0.1, -0.05) is 6.92 Å². The summed E-state index contributed by atoms with van der Waals surface area (Å²) in [6, 6.07) is 1.50. The van der Waals surface area contributed by atoms with E-state index in [0.717, 1.165) is 19.1 Å². The highest BCUT2D eigenvalue weighted by molar-refractivity contribution is 7.98. The van der Waals surface area contributed by atoms with Crippen molar-refractivity contribution in [2.24, 2.45) is 0 Å². The summed E-state index contributed by atoms with van der Waals surface area (Å²) in [5, 5.41) is 3.44. The number of thioether (sulfide) groups is 1. The van der Waals surface area contributed by atoms with Crippen LogP contribution in [0.3, 0.4) is 0 Å². The van der Waals surface area contributed by atoms with Gasteiger partial charge in [0.15, 0.2) is 0 Å². The van der Waals surface area contributed by atoms with Crippen molar-refractivity contribution in [1.82, 2.24) is 10.2 Å². The Balaban J connectivity index is 2.44. The number of nitrogens with zero attached hydrogens (tertiary/aromatic N) is 1. The molecule has 0 aromatic rings. The van der Waals surface area contributed by atoms with Gasteiger partial charge in [-0.25, -0.2) is 0 Å². The van der Waals surface area contributed by atoms with Crippen LogP contribution in [0.15, 0.2) is 0 Å². The molecule has 1 fully saturated rings. The Hall–Kier alpha value is 0.270. The second-order valence-electron chi connectivity index (χ2n) is 3.81. The minimum atomic E-state index is 0.714. The molecule has 0 aliphatic carbocycles. The van der Waals surface area contributed by atoms with Crippen molar-refractivity contribution in [3.8, 4) is 0 Å². The zero-order chi connectivity index (χ0) is 9.68. The summed E-state index contributed by atoms with van der Waals surface area (Å²) in [6.45, 7) is 8.17. The third-order valence-electron chi connectivity index (χ3n) is 2.85. The lowest BCUT2D eigenvalue weighted by Gasteiger charge is -2.39. The highest BCUT2D eigenvalue weighted by Gasteiger charge is 2.23. The molecule has 0 radical (unpaired) electrons. The first-order valence-electron chi connectivity index (χ1n) is 5.25. The molecule has 13 heavy (non-hydrogen) atoms. The van der Waals surface area contributed by atoms with Gasteiger partial charge in [0, 0.05) is 37.5 Å².